The van der Waals surface area contributed by atoms with Crippen LogP contribution < -0.4 is 10.6 Å². The number of piperazine rings is 1. The fourth-order valence-corrected chi connectivity index (χ4v) is 2.55. The Morgan fingerprint density at radius 1 is 1.47 bits per heavy atom. The summed E-state index contributed by atoms with van der Waals surface area (Å²) in [5.41, 5.74) is 7.56. The third-order valence-electron chi connectivity index (χ3n) is 3.59. The molecule has 1 aliphatic rings. The number of hydrogen-bond donors (Lipinski definition) is 1. The summed E-state index contributed by atoms with van der Waals surface area (Å²) in [6.45, 7) is 4.85. The Bertz CT molecular complexity index is 478. The summed E-state index contributed by atoms with van der Waals surface area (Å²) >= 11 is 0. The molecule has 6 heteroatoms. The summed E-state index contributed by atoms with van der Waals surface area (Å²) in [7, 11) is 2.05. The molecule has 2 rings (SSSR count). The molecular weight excluding hydrogens is 244 g/mol. The van der Waals surface area contributed by atoms with Crippen molar-refractivity contribution in [2.24, 2.45) is 5.73 Å². The molecule has 0 bridgehead atoms. The van der Waals surface area contributed by atoms with Crippen molar-refractivity contribution in [3.63, 3.8) is 0 Å². The Labute approximate surface area is 112 Å². The van der Waals surface area contributed by atoms with E-state index < -0.39 is 0 Å². The van der Waals surface area contributed by atoms with Gasteiger partial charge in [-0.05, 0) is 25.6 Å². The summed E-state index contributed by atoms with van der Waals surface area (Å²) in [4.78, 5) is 15.2. The van der Waals surface area contributed by atoms with Crippen molar-refractivity contribution in [2.75, 3.05) is 38.1 Å². The average Bonchev–Trinajstić information content (AvgIpc) is 2.38. The van der Waals surface area contributed by atoms with Crippen molar-refractivity contribution < 1.29 is 4.92 Å². The van der Waals surface area contributed by atoms with Crippen LogP contribution in [0.25, 0.3) is 0 Å². The van der Waals surface area contributed by atoms with Crippen molar-refractivity contribution in [2.45, 2.75) is 13.0 Å². The molecule has 1 aromatic rings. The third kappa shape index (κ3) is 2.85. The number of anilines is 1. The Hall–Kier alpha value is -1.66. The summed E-state index contributed by atoms with van der Waals surface area (Å²) in [6, 6.07) is 5.50. The van der Waals surface area contributed by atoms with Crippen molar-refractivity contribution >= 4 is 11.4 Å². The van der Waals surface area contributed by atoms with Gasteiger partial charge in [-0.25, -0.2) is 0 Å². The van der Waals surface area contributed by atoms with Gasteiger partial charge in [0.05, 0.1) is 11.0 Å². The Balaban J connectivity index is 2.37. The van der Waals surface area contributed by atoms with Crippen LogP contribution in [0.3, 0.4) is 0 Å². The van der Waals surface area contributed by atoms with Crippen LogP contribution in [0, 0.1) is 17.0 Å². The summed E-state index contributed by atoms with van der Waals surface area (Å²) in [6.07, 6.45) is 0. The van der Waals surface area contributed by atoms with Crippen LogP contribution >= 0.6 is 0 Å². The van der Waals surface area contributed by atoms with Gasteiger partial charge < -0.3 is 15.5 Å². The van der Waals surface area contributed by atoms with E-state index in [0.29, 0.717) is 12.2 Å². The average molecular weight is 264 g/mol. The lowest BCUT2D eigenvalue weighted by Crippen LogP contribution is -2.55. The highest BCUT2D eigenvalue weighted by molar-refractivity contribution is 5.65. The molecule has 0 saturated carbocycles. The van der Waals surface area contributed by atoms with Crippen LogP contribution in [0.15, 0.2) is 18.2 Å². The largest absolute Gasteiger partial charge is 0.359 e. The first-order valence-corrected chi connectivity index (χ1v) is 6.43. The quantitative estimate of drug-likeness (QED) is 0.650. The van der Waals surface area contributed by atoms with Crippen LogP contribution in [0.5, 0.6) is 0 Å². The minimum atomic E-state index is -0.311. The first kappa shape index (κ1) is 13.8. The maximum absolute atomic E-state index is 11.2. The van der Waals surface area contributed by atoms with E-state index in [1.165, 1.54) is 0 Å². The number of hydrogen-bond acceptors (Lipinski definition) is 5. The van der Waals surface area contributed by atoms with Crippen LogP contribution in [-0.4, -0.2) is 49.1 Å². The maximum atomic E-state index is 11.2. The summed E-state index contributed by atoms with van der Waals surface area (Å²) in [5.74, 6) is 0. The topological polar surface area (TPSA) is 75.6 Å². The molecular formula is C13H20N4O2. The zero-order valence-electron chi connectivity index (χ0n) is 11.4. The third-order valence-corrected chi connectivity index (χ3v) is 3.59. The van der Waals surface area contributed by atoms with Gasteiger partial charge in [-0.1, -0.05) is 6.07 Å². The fourth-order valence-electron chi connectivity index (χ4n) is 2.55. The molecule has 2 N–H and O–H groups in total. The zero-order valence-corrected chi connectivity index (χ0v) is 11.4. The first-order valence-electron chi connectivity index (χ1n) is 6.43. The van der Waals surface area contributed by atoms with E-state index in [1.807, 2.05) is 26.1 Å². The van der Waals surface area contributed by atoms with Gasteiger partial charge in [0.2, 0.25) is 0 Å². The molecule has 1 aromatic carbocycles. The lowest BCUT2D eigenvalue weighted by atomic mass is 10.1. The van der Waals surface area contributed by atoms with Crippen LogP contribution in [0.2, 0.25) is 0 Å². The monoisotopic (exact) mass is 264 g/mol. The number of nitrogens with zero attached hydrogens (tertiary/aromatic N) is 3. The molecule has 0 aromatic heterocycles. The van der Waals surface area contributed by atoms with Crippen molar-refractivity contribution in [3.05, 3.63) is 33.9 Å². The SMILES string of the molecule is Cc1ccc(N2CCN(C)CC2CN)c([N+](=O)[O-])c1. The highest BCUT2D eigenvalue weighted by Gasteiger charge is 2.29. The van der Waals surface area contributed by atoms with E-state index in [-0.39, 0.29) is 16.7 Å². The highest BCUT2D eigenvalue weighted by Crippen LogP contribution is 2.31. The predicted molar refractivity (Wildman–Crippen MR) is 75.5 cm³/mol. The second kappa shape index (κ2) is 5.54. The minimum absolute atomic E-state index is 0.125. The van der Waals surface area contributed by atoms with Gasteiger partial charge in [0.15, 0.2) is 0 Å². The molecule has 0 aliphatic carbocycles. The van der Waals surface area contributed by atoms with Crippen molar-refractivity contribution in [1.82, 2.24) is 4.90 Å². The summed E-state index contributed by atoms with van der Waals surface area (Å²) < 4.78 is 0. The Morgan fingerprint density at radius 2 is 2.21 bits per heavy atom. The van der Waals surface area contributed by atoms with Crippen LogP contribution in [-0.2, 0) is 0 Å². The first-order chi connectivity index (χ1) is 9.02. The Morgan fingerprint density at radius 3 is 2.84 bits per heavy atom. The van der Waals surface area contributed by atoms with E-state index in [0.717, 1.165) is 25.2 Å². The standard InChI is InChI=1S/C13H20N4O2/c1-10-3-4-12(13(7-10)17(18)19)16-6-5-15(2)9-11(16)8-14/h3-4,7,11H,5-6,8-9,14H2,1-2H3. The zero-order chi connectivity index (χ0) is 14.0. The van der Waals surface area contributed by atoms with Crippen LogP contribution in [0.4, 0.5) is 11.4 Å². The number of likely N-dealkylation sites (N-methyl/N-ethyl adjacent to an activating group) is 1. The van der Waals surface area contributed by atoms with Gasteiger partial charge in [-0.15, -0.1) is 0 Å². The van der Waals surface area contributed by atoms with Gasteiger partial charge in [0, 0.05) is 32.2 Å². The van der Waals surface area contributed by atoms with E-state index in [9.17, 15) is 10.1 Å². The number of benzene rings is 1. The minimum Gasteiger partial charge on any atom is -0.359 e. The lowest BCUT2D eigenvalue weighted by molar-refractivity contribution is -0.384. The number of aryl methyl sites for hydroxylation is 1. The summed E-state index contributed by atoms with van der Waals surface area (Å²) in [5, 5.41) is 11.2. The molecule has 1 fully saturated rings. The van der Waals surface area contributed by atoms with Gasteiger partial charge in [-0.3, -0.25) is 10.1 Å². The molecule has 0 spiro atoms. The normalized spacial score (nSPS) is 20.6. The molecule has 1 saturated heterocycles. The molecule has 0 radical (unpaired) electrons. The van der Waals surface area contributed by atoms with E-state index in [2.05, 4.69) is 9.80 Å². The van der Waals surface area contributed by atoms with E-state index in [4.69, 9.17) is 5.73 Å². The van der Waals surface area contributed by atoms with E-state index in [1.54, 1.807) is 6.07 Å². The molecule has 1 heterocycles. The molecule has 6 nitrogen and oxygen atoms in total. The smallest absolute Gasteiger partial charge is 0.292 e. The molecule has 1 unspecified atom stereocenters. The number of nitro benzene ring substituents is 1. The second-order valence-electron chi connectivity index (χ2n) is 5.09. The van der Waals surface area contributed by atoms with Gasteiger partial charge >= 0.3 is 0 Å². The van der Waals surface area contributed by atoms with Crippen LogP contribution in [0.1, 0.15) is 5.56 Å². The highest BCUT2D eigenvalue weighted by atomic mass is 16.6. The number of nitro groups is 1. The molecule has 104 valence electrons. The van der Waals surface area contributed by atoms with Crippen molar-refractivity contribution in [3.8, 4) is 0 Å². The molecule has 1 aliphatic heterocycles. The van der Waals surface area contributed by atoms with Gasteiger partial charge in [0.1, 0.15) is 5.69 Å². The van der Waals surface area contributed by atoms with E-state index >= 15 is 0 Å². The number of nitrogens with two attached hydrogens (primary N) is 1. The lowest BCUT2D eigenvalue weighted by Gasteiger charge is -2.40. The van der Waals surface area contributed by atoms with Crippen molar-refractivity contribution in [1.29, 1.82) is 0 Å². The molecule has 0 amide bonds. The number of rotatable bonds is 3. The molecule has 19 heavy (non-hydrogen) atoms. The molecule has 1 atom stereocenters. The fraction of sp³-hybridized carbons (Fsp3) is 0.538. The van der Waals surface area contributed by atoms with Gasteiger partial charge in [0.25, 0.3) is 5.69 Å². The maximum Gasteiger partial charge on any atom is 0.292 e. The predicted octanol–water partition coefficient (Wildman–Crippen LogP) is 0.982. The second-order valence-corrected chi connectivity index (χ2v) is 5.09. The van der Waals surface area contributed by atoms with Gasteiger partial charge in [-0.2, -0.15) is 0 Å². The Kier molecular flexibility index (Phi) is 4.01.